The molecule has 5 heteroatoms. The van der Waals surface area contributed by atoms with Gasteiger partial charge in [0.2, 0.25) is 0 Å². The minimum Gasteiger partial charge on any atom is -0.508 e. The lowest BCUT2D eigenvalue weighted by Crippen LogP contribution is -2.16. The molecule has 0 fully saturated rings. The van der Waals surface area contributed by atoms with E-state index in [0.29, 0.717) is 23.4 Å². The third-order valence-electron chi connectivity index (χ3n) is 2.75. The summed E-state index contributed by atoms with van der Waals surface area (Å²) in [6, 6.07) is 4.49. The second-order valence-corrected chi connectivity index (χ2v) is 4.30. The van der Waals surface area contributed by atoms with Crippen LogP contribution in [-0.2, 0) is 0 Å². The highest BCUT2D eigenvalue weighted by molar-refractivity contribution is 5.96. The molecule has 0 amide bonds. The predicted molar refractivity (Wildman–Crippen MR) is 78.5 cm³/mol. The lowest BCUT2D eigenvalue weighted by molar-refractivity contribution is 0.0987. The molecule has 0 radical (unpaired) electrons. The van der Waals surface area contributed by atoms with Crippen molar-refractivity contribution in [2.24, 2.45) is 5.73 Å². The second kappa shape index (κ2) is 7.23. The highest BCUT2D eigenvalue weighted by Gasteiger charge is 2.08. The van der Waals surface area contributed by atoms with Crippen molar-refractivity contribution in [3.8, 4) is 11.5 Å². The first-order valence-corrected chi connectivity index (χ1v) is 6.27. The SMILES string of the molecule is C=C(COc1cc(O)cc(C(=O)CC)c1)N(C)/C=C\N. The van der Waals surface area contributed by atoms with E-state index in [9.17, 15) is 9.90 Å². The van der Waals surface area contributed by atoms with Crippen LogP contribution in [0.4, 0.5) is 0 Å². The van der Waals surface area contributed by atoms with Crippen molar-refractivity contribution < 1.29 is 14.6 Å². The van der Waals surface area contributed by atoms with E-state index in [1.807, 2.05) is 0 Å². The minimum absolute atomic E-state index is 0.000112. The summed E-state index contributed by atoms with van der Waals surface area (Å²) in [6.45, 7) is 5.84. The molecule has 0 spiro atoms. The number of ether oxygens (including phenoxy) is 1. The number of likely N-dealkylation sites (N-methyl/N-ethyl adjacent to an activating group) is 1. The molecule has 1 aromatic rings. The molecule has 0 saturated heterocycles. The highest BCUT2D eigenvalue weighted by atomic mass is 16.5. The van der Waals surface area contributed by atoms with Crippen LogP contribution in [0.15, 0.2) is 42.9 Å². The molecule has 108 valence electrons. The van der Waals surface area contributed by atoms with Gasteiger partial charge in [-0.25, -0.2) is 0 Å². The number of nitrogens with zero attached hydrogens (tertiary/aromatic N) is 1. The molecule has 0 heterocycles. The number of Topliss-reactive ketones (excluding diaryl/α,β-unsaturated/α-hetero) is 1. The summed E-state index contributed by atoms with van der Waals surface area (Å²) in [5.41, 5.74) is 6.41. The van der Waals surface area contributed by atoms with Crippen LogP contribution >= 0.6 is 0 Å². The van der Waals surface area contributed by atoms with Gasteiger partial charge in [-0.15, -0.1) is 0 Å². The number of carbonyl (C=O) groups excluding carboxylic acids is 1. The molecule has 0 saturated carbocycles. The van der Waals surface area contributed by atoms with Crippen LogP contribution in [0.3, 0.4) is 0 Å². The first-order chi connectivity index (χ1) is 9.47. The molecule has 5 nitrogen and oxygen atoms in total. The lowest BCUT2D eigenvalue weighted by atomic mass is 10.1. The van der Waals surface area contributed by atoms with E-state index < -0.39 is 0 Å². The van der Waals surface area contributed by atoms with Gasteiger partial charge in [0.05, 0.1) is 0 Å². The fourth-order valence-corrected chi connectivity index (χ4v) is 1.53. The highest BCUT2D eigenvalue weighted by Crippen LogP contribution is 2.23. The maximum Gasteiger partial charge on any atom is 0.162 e. The Kier molecular flexibility index (Phi) is 5.65. The van der Waals surface area contributed by atoms with E-state index in [4.69, 9.17) is 10.5 Å². The molecule has 0 atom stereocenters. The molecule has 0 unspecified atom stereocenters. The zero-order chi connectivity index (χ0) is 15.1. The average Bonchev–Trinajstić information content (AvgIpc) is 2.43. The molecule has 1 aromatic carbocycles. The summed E-state index contributed by atoms with van der Waals surface area (Å²) < 4.78 is 5.52. The van der Waals surface area contributed by atoms with Gasteiger partial charge in [-0.3, -0.25) is 4.79 Å². The Bertz CT molecular complexity index is 524. The van der Waals surface area contributed by atoms with Gasteiger partial charge in [0.25, 0.3) is 0 Å². The van der Waals surface area contributed by atoms with Crippen LogP contribution < -0.4 is 10.5 Å². The van der Waals surface area contributed by atoms with Gasteiger partial charge in [-0.2, -0.15) is 0 Å². The molecule has 0 aromatic heterocycles. The van der Waals surface area contributed by atoms with Gasteiger partial charge in [0, 0.05) is 43.2 Å². The number of aromatic hydroxyl groups is 1. The standard InChI is InChI=1S/C15H20N2O3/c1-4-15(19)12-7-13(18)9-14(8-12)20-10-11(2)17(3)6-5-16/h5-9,18H,2,4,10,16H2,1,3H3/b6-5-. The molecular weight excluding hydrogens is 256 g/mol. The summed E-state index contributed by atoms with van der Waals surface area (Å²) in [5, 5.41) is 9.60. The Labute approximate surface area is 119 Å². The van der Waals surface area contributed by atoms with Crippen LogP contribution in [0.25, 0.3) is 0 Å². The van der Waals surface area contributed by atoms with Crippen LogP contribution in [0.1, 0.15) is 23.7 Å². The zero-order valence-electron chi connectivity index (χ0n) is 11.8. The fraction of sp³-hybridized carbons (Fsp3) is 0.267. The first kappa shape index (κ1) is 15.6. The Morgan fingerprint density at radius 1 is 1.50 bits per heavy atom. The summed E-state index contributed by atoms with van der Waals surface area (Å²) in [5.74, 6) is 0.376. The van der Waals surface area contributed by atoms with E-state index in [-0.39, 0.29) is 18.1 Å². The molecule has 3 N–H and O–H groups in total. The number of phenolic OH excluding ortho intramolecular Hbond substituents is 1. The van der Waals surface area contributed by atoms with Crippen molar-refractivity contribution in [2.45, 2.75) is 13.3 Å². The van der Waals surface area contributed by atoms with Crippen molar-refractivity contribution >= 4 is 5.78 Å². The topological polar surface area (TPSA) is 75.8 Å². The number of hydrogen-bond acceptors (Lipinski definition) is 5. The van der Waals surface area contributed by atoms with Gasteiger partial charge in [0.1, 0.15) is 18.1 Å². The monoisotopic (exact) mass is 276 g/mol. The first-order valence-electron chi connectivity index (χ1n) is 6.27. The number of carbonyl (C=O) groups is 1. The summed E-state index contributed by atoms with van der Waals surface area (Å²) in [7, 11) is 1.80. The summed E-state index contributed by atoms with van der Waals surface area (Å²) >= 11 is 0. The summed E-state index contributed by atoms with van der Waals surface area (Å²) in [6.07, 6.45) is 3.43. The Hall–Kier alpha value is -2.43. The van der Waals surface area contributed by atoms with Crippen molar-refractivity contribution in [2.75, 3.05) is 13.7 Å². The second-order valence-electron chi connectivity index (χ2n) is 4.30. The van der Waals surface area contributed by atoms with E-state index in [1.54, 1.807) is 31.1 Å². The normalized spacial score (nSPS) is 10.5. The lowest BCUT2D eigenvalue weighted by Gasteiger charge is -2.17. The van der Waals surface area contributed by atoms with Gasteiger partial charge in [0.15, 0.2) is 5.78 Å². The van der Waals surface area contributed by atoms with Crippen molar-refractivity contribution in [3.63, 3.8) is 0 Å². The molecule has 1 rings (SSSR count). The van der Waals surface area contributed by atoms with Gasteiger partial charge >= 0.3 is 0 Å². The van der Waals surface area contributed by atoms with E-state index in [2.05, 4.69) is 6.58 Å². The zero-order valence-corrected chi connectivity index (χ0v) is 11.8. The molecule has 0 aliphatic heterocycles. The predicted octanol–water partition coefficient (Wildman–Crippen LogP) is 2.24. The Morgan fingerprint density at radius 2 is 2.20 bits per heavy atom. The van der Waals surface area contributed by atoms with Crippen molar-refractivity contribution in [1.29, 1.82) is 0 Å². The largest absolute Gasteiger partial charge is 0.508 e. The summed E-state index contributed by atoms with van der Waals surface area (Å²) in [4.78, 5) is 13.4. The Balaban J connectivity index is 2.76. The Morgan fingerprint density at radius 3 is 2.80 bits per heavy atom. The number of benzene rings is 1. The van der Waals surface area contributed by atoms with Gasteiger partial charge in [-0.05, 0) is 12.1 Å². The third-order valence-corrected chi connectivity index (χ3v) is 2.75. The average molecular weight is 276 g/mol. The van der Waals surface area contributed by atoms with Crippen LogP contribution in [0, 0.1) is 0 Å². The number of phenols is 1. The minimum atomic E-state index is -0.0484. The number of rotatable bonds is 7. The van der Waals surface area contributed by atoms with E-state index in [0.717, 1.165) is 0 Å². The molecule has 0 aliphatic rings. The van der Waals surface area contributed by atoms with Crippen LogP contribution in [0.2, 0.25) is 0 Å². The maximum atomic E-state index is 11.6. The van der Waals surface area contributed by atoms with Crippen molar-refractivity contribution in [1.82, 2.24) is 4.90 Å². The van der Waals surface area contributed by atoms with Gasteiger partial charge < -0.3 is 20.5 Å². The van der Waals surface area contributed by atoms with E-state index >= 15 is 0 Å². The quantitative estimate of drug-likeness (QED) is 0.747. The van der Waals surface area contributed by atoms with Gasteiger partial charge in [-0.1, -0.05) is 13.5 Å². The smallest absolute Gasteiger partial charge is 0.162 e. The fourth-order valence-electron chi connectivity index (χ4n) is 1.53. The van der Waals surface area contributed by atoms with Crippen LogP contribution in [-0.4, -0.2) is 29.4 Å². The number of ketones is 1. The van der Waals surface area contributed by atoms with E-state index in [1.165, 1.54) is 18.3 Å². The molecule has 0 aliphatic carbocycles. The van der Waals surface area contributed by atoms with Crippen LogP contribution in [0.5, 0.6) is 11.5 Å². The number of hydrogen-bond donors (Lipinski definition) is 2. The molecule has 0 bridgehead atoms. The van der Waals surface area contributed by atoms with Crippen molar-refractivity contribution in [3.05, 3.63) is 48.4 Å². The maximum absolute atomic E-state index is 11.6. The number of nitrogens with two attached hydrogens (primary N) is 1. The third kappa shape index (κ3) is 4.35. The molecular formula is C15H20N2O3. The molecule has 20 heavy (non-hydrogen) atoms.